The number of ether oxygens (including phenoxy) is 1. The molecule has 0 aliphatic heterocycles. The summed E-state index contributed by atoms with van der Waals surface area (Å²) in [6.45, 7) is 3.35. The van der Waals surface area contributed by atoms with Crippen LogP contribution in [0.1, 0.15) is 11.1 Å². The molecule has 0 saturated heterocycles. The maximum absolute atomic E-state index is 13.1. The van der Waals surface area contributed by atoms with Crippen LogP contribution in [0.2, 0.25) is 0 Å². The van der Waals surface area contributed by atoms with E-state index in [1.165, 1.54) is 13.3 Å². The van der Waals surface area contributed by atoms with Crippen molar-refractivity contribution < 1.29 is 17.5 Å². The highest BCUT2D eigenvalue weighted by atomic mass is 32.2. The van der Waals surface area contributed by atoms with Crippen LogP contribution >= 0.6 is 0 Å². The molecule has 0 atom stereocenters. The maximum atomic E-state index is 13.1. The largest absolute Gasteiger partial charge is 0.497 e. The van der Waals surface area contributed by atoms with E-state index in [1.54, 1.807) is 26.0 Å². The molecule has 112 valence electrons. The lowest BCUT2D eigenvalue weighted by Gasteiger charge is -2.14. The van der Waals surface area contributed by atoms with E-state index in [2.05, 4.69) is 9.71 Å². The van der Waals surface area contributed by atoms with Gasteiger partial charge in [0.1, 0.15) is 11.6 Å². The molecule has 2 rings (SSSR count). The van der Waals surface area contributed by atoms with Crippen LogP contribution in [-0.4, -0.2) is 20.5 Å². The van der Waals surface area contributed by atoms with E-state index in [0.717, 1.165) is 12.3 Å². The highest BCUT2D eigenvalue weighted by Gasteiger charge is 2.21. The third-order valence-electron chi connectivity index (χ3n) is 2.90. The average Bonchev–Trinajstić information content (AvgIpc) is 2.36. The number of aryl methyl sites for hydroxylation is 2. The Bertz CT molecular complexity index is 753. The van der Waals surface area contributed by atoms with Crippen LogP contribution in [0.5, 0.6) is 5.75 Å². The first-order chi connectivity index (χ1) is 9.83. The summed E-state index contributed by atoms with van der Waals surface area (Å²) in [5.41, 5.74) is 1.16. The van der Waals surface area contributed by atoms with Crippen molar-refractivity contribution in [2.75, 3.05) is 11.8 Å². The minimum Gasteiger partial charge on any atom is -0.497 e. The highest BCUT2D eigenvalue weighted by Crippen LogP contribution is 2.27. The van der Waals surface area contributed by atoms with E-state index in [9.17, 15) is 12.8 Å². The van der Waals surface area contributed by atoms with Crippen molar-refractivity contribution in [1.82, 2.24) is 4.98 Å². The molecule has 1 aromatic heterocycles. The zero-order valence-corrected chi connectivity index (χ0v) is 12.7. The van der Waals surface area contributed by atoms with Gasteiger partial charge in [-0.3, -0.25) is 9.71 Å². The Balaban J connectivity index is 2.45. The standard InChI is InChI=1S/C14H15FN2O3S/c1-9-4-13(20-3)5-10(2)14(9)21(18,19)17-12-6-11(15)7-16-8-12/h4-8,17H,1-3H3. The Morgan fingerprint density at radius 1 is 1.14 bits per heavy atom. The van der Waals surface area contributed by atoms with E-state index in [-0.39, 0.29) is 10.6 Å². The van der Waals surface area contributed by atoms with Crippen LogP contribution in [0.3, 0.4) is 0 Å². The fourth-order valence-corrected chi connectivity index (χ4v) is 3.62. The Hall–Kier alpha value is -2.15. The van der Waals surface area contributed by atoms with Crippen molar-refractivity contribution >= 4 is 15.7 Å². The fourth-order valence-electron chi connectivity index (χ4n) is 2.13. The summed E-state index contributed by atoms with van der Waals surface area (Å²) < 4.78 is 45.4. The number of aromatic nitrogens is 1. The van der Waals surface area contributed by atoms with Crippen LogP contribution in [0.15, 0.2) is 35.5 Å². The minimum absolute atomic E-state index is 0.0737. The molecule has 5 nitrogen and oxygen atoms in total. The van der Waals surface area contributed by atoms with Crippen molar-refractivity contribution in [3.8, 4) is 5.75 Å². The van der Waals surface area contributed by atoms with Crippen molar-refractivity contribution in [1.29, 1.82) is 0 Å². The fraction of sp³-hybridized carbons (Fsp3) is 0.214. The molecule has 0 saturated carbocycles. The molecule has 0 spiro atoms. The molecular formula is C14H15FN2O3S. The zero-order valence-electron chi connectivity index (χ0n) is 11.8. The molecule has 0 unspecified atom stereocenters. The van der Waals surface area contributed by atoms with Crippen molar-refractivity contribution in [3.63, 3.8) is 0 Å². The summed E-state index contributed by atoms with van der Waals surface area (Å²) in [4.78, 5) is 3.76. The lowest BCUT2D eigenvalue weighted by molar-refractivity contribution is 0.413. The molecule has 21 heavy (non-hydrogen) atoms. The summed E-state index contributed by atoms with van der Waals surface area (Å²) in [5, 5.41) is 0. The van der Waals surface area contributed by atoms with Gasteiger partial charge in [0, 0.05) is 6.07 Å². The third kappa shape index (κ3) is 3.30. The average molecular weight is 310 g/mol. The molecular weight excluding hydrogens is 295 g/mol. The van der Waals surface area contributed by atoms with E-state index in [4.69, 9.17) is 4.74 Å². The van der Waals surface area contributed by atoms with Gasteiger partial charge in [-0.1, -0.05) is 0 Å². The zero-order chi connectivity index (χ0) is 15.6. The molecule has 0 aliphatic carbocycles. The van der Waals surface area contributed by atoms with Crippen LogP contribution in [0.25, 0.3) is 0 Å². The number of pyridine rings is 1. The maximum Gasteiger partial charge on any atom is 0.262 e. The monoisotopic (exact) mass is 310 g/mol. The van der Waals surface area contributed by atoms with Crippen molar-refractivity contribution in [3.05, 3.63) is 47.5 Å². The van der Waals surface area contributed by atoms with Crippen LogP contribution in [-0.2, 0) is 10.0 Å². The molecule has 0 radical (unpaired) electrons. The minimum atomic E-state index is -3.83. The van der Waals surface area contributed by atoms with Crippen molar-refractivity contribution in [2.24, 2.45) is 0 Å². The van der Waals surface area contributed by atoms with Crippen molar-refractivity contribution in [2.45, 2.75) is 18.7 Å². The molecule has 0 bridgehead atoms. The van der Waals surface area contributed by atoms with E-state index >= 15 is 0 Å². The summed E-state index contributed by atoms with van der Waals surface area (Å²) in [5.74, 6) is -0.0326. The number of nitrogens with one attached hydrogen (secondary N) is 1. The first-order valence-corrected chi connectivity index (χ1v) is 7.60. The lowest BCUT2D eigenvalue weighted by Crippen LogP contribution is -2.16. The number of rotatable bonds is 4. The van der Waals surface area contributed by atoms with E-state index in [0.29, 0.717) is 16.9 Å². The summed E-state index contributed by atoms with van der Waals surface area (Å²) in [6.07, 6.45) is 2.25. The van der Waals surface area contributed by atoms with Gasteiger partial charge >= 0.3 is 0 Å². The molecule has 0 fully saturated rings. The molecule has 1 heterocycles. The number of anilines is 1. The Morgan fingerprint density at radius 2 is 1.76 bits per heavy atom. The summed E-state index contributed by atoms with van der Waals surface area (Å²) >= 11 is 0. The normalized spacial score (nSPS) is 11.2. The predicted molar refractivity (Wildman–Crippen MR) is 77.5 cm³/mol. The quantitative estimate of drug-likeness (QED) is 0.942. The predicted octanol–water partition coefficient (Wildman–Crippen LogP) is 2.65. The summed E-state index contributed by atoms with van der Waals surface area (Å²) in [6, 6.07) is 4.33. The Morgan fingerprint density at radius 3 is 2.29 bits per heavy atom. The number of methoxy groups -OCH3 is 1. The molecule has 7 heteroatoms. The second kappa shape index (κ2) is 5.69. The summed E-state index contributed by atoms with van der Waals surface area (Å²) in [7, 11) is -2.32. The van der Waals surface area contributed by atoms with Gasteiger partial charge < -0.3 is 4.74 Å². The topological polar surface area (TPSA) is 68.3 Å². The van der Waals surface area contributed by atoms with Crippen LogP contribution in [0.4, 0.5) is 10.1 Å². The van der Waals surface area contributed by atoms with Crippen LogP contribution < -0.4 is 9.46 Å². The second-order valence-electron chi connectivity index (χ2n) is 4.59. The number of halogens is 1. The van der Waals surface area contributed by atoms with E-state index < -0.39 is 15.8 Å². The highest BCUT2D eigenvalue weighted by molar-refractivity contribution is 7.92. The third-order valence-corrected chi connectivity index (χ3v) is 4.58. The van der Waals surface area contributed by atoms with Gasteiger partial charge in [-0.25, -0.2) is 12.8 Å². The first kappa shape index (κ1) is 15.2. The second-order valence-corrected chi connectivity index (χ2v) is 6.21. The van der Waals surface area contributed by atoms with Gasteiger partial charge in [0.15, 0.2) is 0 Å². The van der Waals surface area contributed by atoms with Gasteiger partial charge in [-0.15, -0.1) is 0 Å². The number of benzene rings is 1. The molecule has 2 aromatic rings. The molecule has 1 aromatic carbocycles. The van der Waals surface area contributed by atoms with Gasteiger partial charge in [0.25, 0.3) is 10.0 Å². The van der Waals surface area contributed by atoms with Gasteiger partial charge in [-0.05, 0) is 37.1 Å². The Labute approximate surface area is 122 Å². The SMILES string of the molecule is COc1cc(C)c(S(=O)(=O)Nc2cncc(F)c2)c(C)c1. The van der Waals surface area contributed by atoms with Gasteiger partial charge in [0.05, 0.1) is 30.1 Å². The Kier molecular flexibility index (Phi) is 4.13. The molecule has 1 N–H and O–H groups in total. The van der Waals surface area contributed by atoms with Crippen LogP contribution in [0, 0.1) is 19.7 Å². The number of hydrogen-bond acceptors (Lipinski definition) is 4. The van der Waals surface area contributed by atoms with Gasteiger partial charge in [-0.2, -0.15) is 0 Å². The smallest absolute Gasteiger partial charge is 0.262 e. The molecule has 0 amide bonds. The number of nitrogens with zero attached hydrogens (tertiary/aromatic N) is 1. The first-order valence-electron chi connectivity index (χ1n) is 6.12. The molecule has 0 aliphatic rings. The van der Waals surface area contributed by atoms with E-state index in [1.807, 2.05) is 0 Å². The van der Waals surface area contributed by atoms with Gasteiger partial charge in [0.2, 0.25) is 0 Å². The number of hydrogen-bond donors (Lipinski definition) is 1. The lowest BCUT2D eigenvalue weighted by atomic mass is 10.1. The number of sulfonamides is 1.